The number of ketones is 1. The van der Waals surface area contributed by atoms with Crippen LogP contribution < -0.4 is 15.6 Å². The molecule has 1 aliphatic carbocycles. The molecule has 146 valence electrons. The molecule has 1 aromatic heterocycles. The number of methoxy groups -OCH3 is 1. The standard InChI is InChI=1S/C21H23N3O3S/c1-11(2)28-21-23-19-18(20(26)24-21)16(12-7-9-13(27-3)10-8-12)17-14(22-19)5-4-6-15(17)25/h7-11,16H,4-6H2,1-3H3,(H2,22,23,24,26)/t16-/m0/s1. The smallest absolute Gasteiger partial charge is 0.257 e. The van der Waals surface area contributed by atoms with Gasteiger partial charge in [-0.3, -0.25) is 9.59 Å². The van der Waals surface area contributed by atoms with E-state index in [0.717, 1.165) is 29.9 Å². The molecule has 0 unspecified atom stereocenters. The van der Waals surface area contributed by atoms with E-state index in [1.54, 1.807) is 7.11 Å². The van der Waals surface area contributed by atoms with Gasteiger partial charge in [0, 0.05) is 28.9 Å². The van der Waals surface area contributed by atoms with Gasteiger partial charge >= 0.3 is 0 Å². The van der Waals surface area contributed by atoms with Crippen molar-refractivity contribution in [3.63, 3.8) is 0 Å². The number of nitrogens with zero attached hydrogens (tertiary/aromatic N) is 1. The Hall–Kier alpha value is -2.54. The Morgan fingerprint density at radius 3 is 2.61 bits per heavy atom. The van der Waals surface area contributed by atoms with E-state index in [4.69, 9.17) is 4.74 Å². The average Bonchev–Trinajstić information content (AvgIpc) is 2.66. The van der Waals surface area contributed by atoms with Gasteiger partial charge in [0.15, 0.2) is 10.9 Å². The van der Waals surface area contributed by atoms with Gasteiger partial charge in [-0.15, -0.1) is 0 Å². The summed E-state index contributed by atoms with van der Waals surface area (Å²) in [5.41, 5.74) is 2.78. The molecular formula is C21H23N3O3S. The molecular weight excluding hydrogens is 374 g/mol. The van der Waals surface area contributed by atoms with E-state index in [2.05, 4.69) is 29.1 Å². The lowest BCUT2D eigenvalue weighted by molar-refractivity contribution is -0.116. The molecule has 0 bridgehead atoms. The minimum Gasteiger partial charge on any atom is -0.497 e. The van der Waals surface area contributed by atoms with Gasteiger partial charge < -0.3 is 15.0 Å². The van der Waals surface area contributed by atoms with Crippen molar-refractivity contribution in [1.82, 2.24) is 9.97 Å². The third-order valence-corrected chi connectivity index (χ3v) is 5.92. The zero-order valence-corrected chi connectivity index (χ0v) is 17.0. The van der Waals surface area contributed by atoms with Crippen molar-refractivity contribution >= 4 is 23.4 Å². The van der Waals surface area contributed by atoms with Crippen LogP contribution in [-0.4, -0.2) is 28.1 Å². The van der Waals surface area contributed by atoms with E-state index < -0.39 is 5.92 Å². The van der Waals surface area contributed by atoms with E-state index >= 15 is 0 Å². The molecule has 0 fully saturated rings. The first-order chi connectivity index (χ1) is 13.5. The van der Waals surface area contributed by atoms with Crippen LogP contribution in [-0.2, 0) is 4.79 Å². The quantitative estimate of drug-likeness (QED) is 0.602. The van der Waals surface area contributed by atoms with E-state index in [0.29, 0.717) is 33.8 Å². The molecule has 0 saturated heterocycles. The molecule has 2 heterocycles. The third-order valence-electron chi connectivity index (χ3n) is 5.03. The number of ether oxygens (including phenoxy) is 1. The van der Waals surface area contributed by atoms with Crippen molar-refractivity contribution in [1.29, 1.82) is 0 Å². The zero-order valence-electron chi connectivity index (χ0n) is 16.2. The van der Waals surface area contributed by atoms with Crippen LogP contribution in [0.5, 0.6) is 5.75 Å². The van der Waals surface area contributed by atoms with Gasteiger partial charge in [-0.05, 0) is 30.5 Å². The van der Waals surface area contributed by atoms with Crippen LogP contribution >= 0.6 is 11.8 Å². The van der Waals surface area contributed by atoms with Gasteiger partial charge in [0.2, 0.25) is 0 Å². The average molecular weight is 398 g/mol. The molecule has 0 spiro atoms. The molecule has 2 N–H and O–H groups in total. The molecule has 0 radical (unpaired) electrons. The van der Waals surface area contributed by atoms with E-state index in [1.807, 2.05) is 24.3 Å². The Kier molecular flexibility index (Phi) is 5.02. The van der Waals surface area contributed by atoms with Crippen LogP contribution in [0.3, 0.4) is 0 Å². The van der Waals surface area contributed by atoms with Crippen LogP contribution in [0.15, 0.2) is 45.5 Å². The van der Waals surface area contributed by atoms with Gasteiger partial charge in [0.1, 0.15) is 11.6 Å². The van der Waals surface area contributed by atoms with Gasteiger partial charge in [-0.25, -0.2) is 4.98 Å². The second-order valence-electron chi connectivity index (χ2n) is 7.30. The Bertz CT molecular complexity index is 1010. The predicted octanol–water partition coefficient (Wildman–Crippen LogP) is 3.84. The molecule has 1 atom stereocenters. The molecule has 28 heavy (non-hydrogen) atoms. The van der Waals surface area contributed by atoms with Crippen LogP contribution in [0, 0.1) is 0 Å². The van der Waals surface area contributed by atoms with E-state index in [-0.39, 0.29) is 11.3 Å². The van der Waals surface area contributed by atoms with Crippen LogP contribution in [0.25, 0.3) is 0 Å². The van der Waals surface area contributed by atoms with Crippen molar-refractivity contribution in [2.45, 2.75) is 49.4 Å². The molecule has 1 aromatic carbocycles. The number of carbonyl (C=O) groups is 1. The fourth-order valence-corrected chi connectivity index (χ4v) is 4.59. The molecule has 1 aliphatic heterocycles. The molecule has 0 saturated carbocycles. The van der Waals surface area contributed by atoms with Crippen molar-refractivity contribution in [3.05, 3.63) is 57.0 Å². The van der Waals surface area contributed by atoms with Crippen molar-refractivity contribution in [3.8, 4) is 5.75 Å². The number of aromatic amines is 1. The predicted molar refractivity (Wildman–Crippen MR) is 110 cm³/mol. The summed E-state index contributed by atoms with van der Waals surface area (Å²) in [6, 6.07) is 7.55. The minimum atomic E-state index is -0.417. The minimum absolute atomic E-state index is 0.0975. The molecule has 0 amide bonds. The normalized spacial score (nSPS) is 18.6. The van der Waals surface area contributed by atoms with Crippen LogP contribution in [0.2, 0.25) is 0 Å². The fraction of sp³-hybridized carbons (Fsp3) is 0.381. The first kappa shape index (κ1) is 18.8. The maximum absolute atomic E-state index is 13.0. The highest BCUT2D eigenvalue weighted by Gasteiger charge is 2.37. The summed E-state index contributed by atoms with van der Waals surface area (Å²) < 4.78 is 5.26. The van der Waals surface area contributed by atoms with Crippen LogP contribution in [0.4, 0.5) is 5.82 Å². The zero-order chi connectivity index (χ0) is 19.8. The number of hydrogen-bond donors (Lipinski definition) is 2. The highest BCUT2D eigenvalue weighted by molar-refractivity contribution is 7.99. The summed E-state index contributed by atoms with van der Waals surface area (Å²) in [5, 5.41) is 4.18. The first-order valence-corrected chi connectivity index (χ1v) is 10.3. The number of aromatic nitrogens is 2. The second kappa shape index (κ2) is 7.47. The van der Waals surface area contributed by atoms with Crippen molar-refractivity contribution in [2.75, 3.05) is 12.4 Å². The van der Waals surface area contributed by atoms with E-state index in [1.165, 1.54) is 11.8 Å². The SMILES string of the molecule is COc1ccc([C@H]2C3=C(CCCC3=O)Nc3nc(SC(C)C)[nH]c(=O)c32)cc1. The molecule has 6 nitrogen and oxygen atoms in total. The number of fused-ring (bicyclic) bond motifs is 1. The van der Waals surface area contributed by atoms with Gasteiger partial charge in [-0.2, -0.15) is 0 Å². The van der Waals surface area contributed by atoms with Crippen molar-refractivity contribution in [2.24, 2.45) is 0 Å². The Morgan fingerprint density at radius 1 is 1.18 bits per heavy atom. The highest BCUT2D eigenvalue weighted by atomic mass is 32.2. The lowest BCUT2D eigenvalue weighted by Gasteiger charge is -2.32. The highest BCUT2D eigenvalue weighted by Crippen LogP contribution is 2.43. The lowest BCUT2D eigenvalue weighted by atomic mass is 9.76. The van der Waals surface area contributed by atoms with Gasteiger partial charge in [-0.1, -0.05) is 37.7 Å². The molecule has 7 heteroatoms. The lowest BCUT2D eigenvalue weighted by Crippen LogP contribution is -2.32. The second-order valence-corrected chi connectivity index (χ2v) is 8.87. The number of hydrogen-bond acceptors (Lipinski definition) is 6. The number of Topliss-reactive ketones (excluding diaryl/α,β-unsaturated/α-hetero) is 1. The Morgan fingerprint density at radius 2 is 1.93 bits per heavy atom. The van der Waals surface area contributed by atoms with E-state index in [9.17, 15) is 9.59 Å². The van der Waals surface area contributed by atoms with Gasteiger partial charge in [0.25, 0.3) is 5.56 Å². The largest absolute Gasteiger partial charge is 0.497 e. The summed E-state index contributed by atoms with van der Waals surface area (Å²) in [7, 11) is 1.61. The third kappa shape index (κ3) is 3.35. The van der Waals surface area contributed by atoms with Crippen LogP contribution in [0.1, 0.15) is 50.2 Å². The maximum Gasteiger partial charge on any atom is 0.257 e. The summed E-state index contributed by atoms with van der Waals surface area (Å²) in [6.45, 7) is 4.11. The Labute approximate surface area is 167 Å². The first-order valence-electron chi connectivity index (χ1n) is 9.46. The number of rotatable bonds is 4. The fourth-order valence-electron chi connectivity index (χ4n) is 3.85. The number of benzene rings is 1. The monoisotopic (exact) mass is 397 g/mol. The number of allylic oxidation sites excluding steroid dienone is 2. The van der Waals surface area contributed by atoms with Crippen molar-refractivity contribution < 1.29 is 9.53 Å². The summed E-state index contributed by atoms with van der Waals surface area (Å²) in [4.78, 5) is 33.4. The molecule has 2 aliphatic rings. The number of nitrogens with one attached hydrogen (secondary N) is 2. The summed E-state index contributed by atoms with van der Waals surface area (Å²) in [6.07, 6.45) is 2.11. The maximum atomic E-state index is 13.0. The number of carbonyl (C=O) groups excluding carboxylic acids is 1. The number of H-pyrrole nitrogens is 1. The topological polar surface area (TPSA) is 84.1 Å². The number of thioether (sulfide) groups is 1. The Balaban J connectivity index is 1.89. The number of anilines is 1. The summed E-state index contributed by atoms with van der Waals surface area (Å²) in [5.74, 6) is 0.971. The van der Waals surface area contributed by atoms with Gasteiger partial charge in [0.05, 0.1) is 12.7 Å². The molecule has 4 rings (SSSR count). The molecule has 2 aromatic rings. The summed E-state index contributed by atoms with van der Waals surface area (Å²) >= 11 is 1.51.